The Morgan fingerprint density at radius 1 is 1.00 bits per heavy atom. The Hall–Kier alpha value is -2.10. The zero-order chi connectivity index (χ0) is 12.3. The molecule has 1 heterocycles. The lowest BCUT2D eigenvalue weighted by molar-refractivity contribution is 0.392. The molecule has 0 atom stereocenters. The highest BCUT2D eigenvalue weighted by molar-refractivity contribution is 5.75. The van der Waals surface area contributed by atoms with E-state index in [-0.39, 0.29) is 0 Å². The molecular weight excluding hydrogens is 214 g/mol. The van der Waals surface area contributed by atoms with Crippen molar-refractivity contribution in [3.63, 3.8) is 0 Å². The average molecular weight is 229 g/mol. The van der Waals surface area contributed by atoms with Crippen molar-refractivity contribution in [2.75, 3.05) is 26.1 Å². The SMILES string of the molecule is COc1ccc(-c2ccccc2N(C)C)nn1. The summed E-state index contributed by atoms with van der Waals surface area (Å²) >= 11 is 0. The lowest BCUT2D eigenvalue weighted by Crippen LogP contribution is -2.10. The zero-order valence-electron chi connectivity index (χ0n) is 10.2. The number of nitrogens with zero attached hydrogens (tertiary/aromatic N) is 3. The third-order valence-corrected chi connectivity index (χ3v) is 2.51. The first-order valence-corrected chi connectivity index (χ1v) is 5.37. The van der Waals surface area contributed by atoms with Gasteiger partial charge in [0.15, 0.2) is 0 Å². The maximum atomic E-state index is 5.00. The number of hydrogen-bond donors (Lipinski definition) is 0. The van der Waals surface area contributed by atoms with E-state index in [9.17, 15) is 0 Å². The number of aromatic nitrogens is 2. The molecule has 1 aromatic heterocycles. The van der Waals surface area contributed by atoms with Gasteiger partial charge in [-0.1, -0.05) is 18.2 Å². The van der Waals surface area contributed by atoms with E-state index in [1.54, 1.807) is 7.11 Å². The van der Waals surface area contributed by atoms with Crippen LogP contribution in [0.3, 0.4) is 0 Å². The summed E-state index contributed by atoms with van der Waals surface area (Å²) < 4.78 is 5.00. The standard InChI is InChI=1S/C13H15N3O/c1-16(2)12-7-5-4-6-10(12)11-8-9-13(17-3)15-14-11/h4-9H,1-3H3. The van der Waals surface area contributed by atoms with Gasteiger partial charge in [-0.3, -0.25) is 0 Å². The number of para-hydroxylation sites is 1. The Morgan fingerprint density at radius 2 is 1.76 bits per heavy atom. The lowest BCUT2D eigenvalue weighted by Gasteiger charge is -2.16. The lowest BCUT2D eigenvalue weighted by atomic mass is 10.1. The fraction of sp³-hybridized carbons (Fsp3) is 0.231. The van der Waals surface area contributed by atoms with Gasteiger partial charge >= 0.3 is 0 Å². The normalized spacial score (nSPS) is 10.1. The molecule has 1 aromatic carbocycles. The van der Waals surface area contributed by atoms with Gasteiger partial charge in [-0.25, -0.2) is 0 Å². The molecule has 17 heavy (non-hydrogen) atoms. The maximum Gasteiger partial charge on any atom is 0.233 e. The van der Waals surface area contributed by atoms with Crippen molar-refractivity contribution in [2.45, 2.75) is 0 Å². The topological polar surface area (TPSA) is 38.2 Å². The predicted molar refractivity (Wildman–Crippen MR) is 68.3 cm³/mol. The molecule has 0 bridgehead atoms. The molecule has 4 nitrogen and oxygen atoms in total. The van der Waals surface area contributed by atoms with Crippen LogP contribution in [0.25, 0.3) is 11.3 Å². The Bertz CT molecular complexity index is 494. The fourth-order valence-electron chi connectivity index (χ4n) is 1.65. The quantitative estimate of drug-likeness (QED) is 0.809. The van der Waals surface area contributed by atoms with E-state index in [4.69, 9.17) is 4.74 Å². The van der Waals surface area contributed by atoms with Crippen LogP contribution in [0.4, 0.5) is 5.69 Å². The van der Waals surface area contributed by atoms with Gasteiger partial charge in [0, 0.05) is 31.4 Å². The van der Waals surface area contributed by atoms with E-state index in [0.29, 0.717) is 5.88 Å². The summed E-state index contributed by atoms with van der Waals surface area (Å²) in [4.78, 5) is 2.06. The van der Waals surface area contributed by atoms with Crippen molar-refractivity contribution in [2.24, 2.45) is 0 Å². The first-order chi connectivity index (χ1) is 8.22. The molecule has 4 heteroatoms. The van der Waals surface area contributed by atoms with Gasteiger partial charge in [0.25, 0.3) is 0 Å². The summed E-state index contributed by atoms with van der Waals surface area (Å²) in [5, 5.41) is 8.14. The Morgan fingerprint density at radius 3 is 2.35 bits per heavy atom. The summed E-state index contributed by atoms with van der Waals surface area (Å²) in [5.41, 5.74) is 3.02. The van der Waals surface area contributed by atoms with Gasteiger partial charge < -0.3 is 9.64 Å². The molecule has 2 rings (SSSR count). The highest BCUT2D eigenvalue weighted by Crippen LogP contribution is 2.27. The number of benzene rings is 1. The third kappa shape index (κ3) is 2.36. The number of hydrogen-bond acceptors (Lipinski definition) is 4. The van der Waals surface area contributed by atoms with Crippen LogP contribution in [-0.2, 0) is 0 Å². The minimum Gasteiger partial charge on any atom is -0.480 e. The van der Waals surface area contributed by atoms with Gasteiger partial charge in [0.2, 0.25) is 5.88 Å². The molecule has 0 spiro atoms. The third-order valence-electron chi connectivity index (χ3n) is 2.51. The van der Waals surface area contributed by atoms with Crippen LogP contribution in [0.1, 0.15) is 0 Å². The molecule has 0 aliphatic rings. The van der Waals surface area contributed by atoms with Gasteiger partial charge in [-0.2, -0.15) is 0 Å². The molecule has 0 aliphatic carbocycles. The van der Waals surface area contributed by atoms with E-state index in [0.717, 1.165) is 16.9 Å². The van der Waals surface area contributed by atoms with Gasteiger partial charge in [0.05, 0.1) is 12.8 Å². The number of anilines is 1. The van der Waals surface area contributed by atoms with Crippen molar-refractivity contribution < 1.29 is 4.74 Å². The van der Waals surface area contributed by atoms with Crippen molar-refractivity contribution >= 4 is 5.69 Å². The Kier molecular flexibility index (Phi) is 3.23. The van der Waals surface area contributed by atoms with Gasteiger partial charge in [-0.05, 0) is 12.1 Å². The van der Waals surface area contributed by atoms with E-state index in [2.05, 4.69) is 21.2 Å². The predicted octanol–water partition coefficient (Wildman–Crippen LogP) is 2.22. The summed E-state index contributed by atoms with van der Waals surface area (Å²) in [6.45, 7) is 0. The first-order valence-electron chi connectivity index (χ1n) is 5.37. The molecule has 0 amide bonds. The minimum atomic E-state index is 0.524. The first kappa shape index (κ1) is 11.4. The van der Waals surface area contributed by atoms with E-state index in [1.807, 2.05) is 44.4 Å². The smallest absolute Gasteiger partial charge is 0.233 e. The highest BCUT2D eigenvalue weighted by atomic mass is 16.5. The molecule has 0 saturated carbocycles. The van der Waals surface area contributed by atoms with Gasteiger partial charge in [-0.15, -0.1) is 10.2 Å². The van der Waals surface area contributed by atoms with E-state index in [1.165, 1.54) is 0 Å². The van der Waals surface area contributed by atoms with Crippen molar-refractivity contribution in [3.05, 3.63) is 36.4 Å². The maximum absolute atomic E-state index is 5.00. The van der Waals surface area contributed by atoms with Crippen LogP contribution in [0.15, 0.2) is 36.4 Å². The van der Waals surface area contributed by atoms with Crippen LogP contribution in [0.5, 0.6) is 5.88 Å². The molecule has 0 unspecified atom stereocenters. The van der Waals surface area contributed by atoms with Gasteiger partial charge in [0.1, 0.15) is 0 Å². The average Bonchev–Trinajstić information content (AvgIpc) is 2.39. The molecule has 2 aromatic rings. The molecular formula is C13H15N3O. The summed E-state index contributed by atoms with van der Waals surface area (Å²) in [6, 6.07) is 11.8. The van der Waals surface area contributed by atoms with E-state index < -0.39 is 0 Å². The molecule has 0 fully saturated rings. The van der Waals surface area contributed by atoms with Crippen molar-refractivity contribution in [3.8, 4) is 17.1 Å². The Balaban J connectivity index is 2.45. The van der Waals surface area contributed by atoms with E-state index >= 15 is 0 Å². The molecule has 0 saturated heterocycles. The largest absolute Gasteiger partial charge is 0.480 e. The molecule has 0 aliphatic heterocycles. The number of ether oxygens (including phenoxy) is 1. The zero-order valence-corrected chi connectivity index (χ0v) is 10.2. The molecule has 88 valence electrons. The molecule has 0 N–H and O–H groups in total. The van der Waals surface area contributed by atoms with Crippen LogP contribution in [0, 0.1) is 0 Å². The second-order valence-corrected chi connectivity index (χ2v) is 3.87. The summed E-state index contributed by atoms with van der Waals surface area (Å²) in [6.07, 6.45) is 0. The van der Waals surface area contributed by atoms with Crippen molar-refractivity contribution in [1.29, 1.82) is 0 Å². The minimum absolute atomic E-state index is 0.524. The summed E-state index contributed by atoms with van der Waals surface area (Å²) in [5.74, 6) is 0.524. The van der Waals surface area contributed by atoms with Crippen LogP contribution < -0.4 is 9.64 Å². The highest BCUT2D eigenvalue weighted by Gasteiger charge is 2.07. The number of methoxy groups -OCH3 is 1. The fourth-order valence-corrected chi connectivity index (χ4v) is 1.65. The number of rotatable bonds is 3. The monoisotopic (exact) mass is 229 g/mol. The van der Waals surface area contributed by atoms with Crippen LogP contribution in [-0.4, -0.2) is 31.4 Å². The Labute approximate surface area is 101 Å². The van der Waals surface area contributed by atoms with Crippen LogP contribution in [0.2, 0.25) is 0 Å². The summed E-state index contributed by atoms with van der Waals surface area (Å²) in [7, 11) is 5.60. The second kappa shape index (κ2) is 4.82. The second-order valence-electron chi connectivity index (χ2n) is 3.87. The molecule has 0 radical (unpaired) electrons. The van der Waals surface area contributed by atoms with Crippen molar-refractivity contribution in [1.82, 2.24) is 10.2 Å². The van der Waals surface area contributed by atoms with Crippen LogP contribution >= 0.6 is 0 Å².